The second kappa shape index (κ2) is 2.36. The molecule has 0 amide bonds. The van der Waals surface area contributed by atoms with Gasteiger partial charge in [-0.2, -0.15) is 4.37 Å². The van der Waals surface area contributed by atoms with Gasteiger partial charge < -0.3 is 5.11 Å². The van der Waals surface area contributed by atoms with Crippen molar-refractivity contribution in [3.8, 4) is 0 Å². The van der Waals surface area contributed by atoms with Crippen molar-refractivity contribution in [1.82, 2.24) is 4.37 Å². The first-order chi connectivity index (χ1) is 4.20. The molecule has 0 aliphatic carbocycles. The number of hydrogen-bond acceptors (Lipinski definition) is 4. The summed E-state index contributed by atoms with van der Waals surface area (Å²) >= 11 is 4.96. The molecule has 1 rings (SSSR count). The summed E-state index contributed by atoms with van der Waals surface area (Å²) in [4.78, 5) is 10.1. The Balaban J connectivity index is 2.98. The van der Waals surface area contributed by atoms with Gasteiger partial charge in [-0.15, -0.1) is 12.6 Å². The number of thiol groups is 1. The normalized spacial score (nSPS) is 9.44. The van der Waals surface area contributed by atoms with Gasteiger partial charge in [-0.3, -0.25) is 0 Å². The summed E-state index contributed by atoms with van der Waals surface area (Å²) in [6.07, 6.45) is 0. The van der Waals surface area contributed by atoms with Gasteiger partial charge in [-0.1, -0.05) is 0 Å². The van der Waals surface area contributed by atoms with Crippen molar-refractivity contribution in [1.29, 1.82) is 0 Å². The fourth-order valence-corrected chi connectivity index (χ4v) is 1.10. The van der Waals surface area contributed by atoms with Crippen molar-refractivity contribution in [2.75, 3.05) is 0 Å². The van der Waals surface area contributed by atoms with Gasteiger partial charge in [-0.05, 0) is 17.6 Å². The number of carboxylic acids is 1. The van der Waals surface area contributed by atoms with Crippen LogP contribution in [-0.4, -0.2) is 15.4 Å². The van der Waals surface area contributed by atoms with Gasteiger partial charge >= 0.3 is 5.97 Å². The van der Waals surface area contributed by atoms with Gasteiger partial charge in [0.05, 0.1) is 4.21 Å². The minimum atomic E-state index is -1.01. The molecule has 0 aliphatic rings. The van der Waals surface area contributed by atoms with Crippen molar-refractivity contribution >= 4 is 30.1 Å². The second-order valence-electron chi connectivity index (χ2n) is 1.36. The molecule has 0 radical (unpaired) electrons. The molecule has 1 aromatic heterocycles. The summed E-state index contributed by atoms with van der Waals surface area (Å²) in [5, 5.41) is 8.31. The van der Waals surface area contributed by atoms with Gasteiger partial charge in [0.2, 0.25) is 0 Å². The van der Waals surface area contributed by atoms with E-state index in [-0.39, 0.29) is 5.69 Å². The first kappa shape index (κ1) is 6.57. The second-order valence-corrected chi connectivity index (χ2v) is 2.94. The molecule has 0 aromatic carbocycles. The molecule has 3 nitrogen and oxygen atoms in total. The van der Waals surface area contributed by atoms with E-state index in [1.807, 2.05) is 0 Å². The zero-order chi connectivity index (χ0) is 6.85. The van der Waals surface area contributed by atoms with Crippen LogP contribution in [0.15, 0.2) is 10.3 Å². The highest BCUT2D eigenvalue weighted by Gasteiger charge is 2.05. The van der Waals surface area contributed by atoms with Crippen molar-refractivity contribution in [3.05, 3.63) is 11.8 Å². The van der Waals surface area contributed by atoms with E-state index in [0.717, 1.165) is 11.5 Å². The molecule has 0 spiro atoms. The number of carboxylic acid groups (broad SMARTS) is 1. The lowest BCUT2D eigenvalue weighted by molar-refractivity contribution is 0.0692. The van der Waals surface area contributed by atoms with Crippen LogP contribution in [0.5, 0.6) is 0 Å². The van der Waals surface area contributed by atoms with Crippen LogP contribution in [0.4, 0.5) is 0 Å². The number of nitrogens with zero attached hydrogens (tertiary/aromatic N) is 1. The third kappa shape index (κ3) is 1.43. The van der Waals surface area contributed by atoms with Gasteiger partial charge in [0, 0.05) is 0 Å². The molecule has 9 heavy (non-hydrogen) atoms. The summed E-state index contributed by atoms with van der Waals surface area (Å²) in [5.74, 6) is -1.01. The van der Waals surface area contributed by atoms with E-state index in [2.05, 4.69) is 17.0 Å². The fourth-order valence-electron chi connectivity index (χ4n) is 0.366. The highest BCUT2D eigenvalue weighted by molar-refractivity contribution is 7.82. The number of rotatable bonds is 1. The van der Waals surface area contributed by atoms with Gasteiger partial charge in [-0.25, -0.2) is 4.79 Å². The molecular weight excluding hydrogens is 158 g/mol. The maximum Gasteiger partial charge on any atom is 0.355 e. The van der Waals surface area contributed by atoms with E-state index in [1.165, 1.54) is 6.07 Å². The summed E-state index contributed by atoms with van der Waals surface area (Å²) in [5.41, 5.74) is 0.0602. The molecule has 0 bridgehead atoms. The van der Waals surface area contributed by atoms with Crippen LogP contribution < -0.4 is 0 Å². The predicted octanol–water partition coefficient (Wildman–Crippen LogP) is 1.13. The summed E-state index contributed by atoms with van der Waals surface area (Å²) in [6, 6.07) is 1.41. The van der Waals surface area contributed by atoms with E-state index in [9.17, 15) is 4.79 Å². The molecule has 1 N–H and O–H groups in total. The molecule has 1 aromatic rings. The standard InChI is InChI=1S/C4H3NO2S2/c6-4(7)2-1-3(8)9-5-2/h1,8H,(H,6,7). The largest absolute Gasteiger partial charge is 0.476 e. The first-order valence-corrected chi connectivity index (χ1v) is 3.31. The topological polar surface area (TPSA) is 50.2 Å². The van der Waals surface area contributed by atoms with Crippen LogP contribution in [0.1, 0.15) is 10.5 Å². The minimum Gasteiger partial charge on any atom is -0.476 e. The summed E-state index contributed by atoms with van der Waals surface area (Å²) in [6.45, 7) is 0. The molecule has 0 unspecified atom stereocenters. The predicted molar refractivity (Wildman–Crippen MR) is 36.3 cm³/mol. The Morgan fingerprint density at radius 2 is 2.56 bits per heavy atom. The summed E-state index contributed by atoms with van der Waals surface area (Å²) < 4.78 is 4.20. The monoisotopic (exact) mass is 161 g/mol. The lowest BCUT2D eigenvalue weighted by Gasteiger charge is -1.77. The van der Waals surface area contributed by atoms with Crippen molar-refractivity contribution < 1.29 is 9.90 Å². The molecule has 0 saturated heterocycles. The molecule has 5 heteroatoms. The number of hydrogen-bond donors (Lipinski definition) is 2. The maximum atomic E-state index is 10.1. The first-order valence-electron chi connectivity index (χ1n) is 2.09. The van der Waals surface area contributed by atoms with Crippen LogP contribution in [-0.2, 0) is 0 Å². The number of aromatic nitrogens is 1. The van der Waals surface area contributed by atoms with E-state index < -0.39 is 5.97 Å². The SMILES string of the molecule is O=C(O)c1cc(S)sn1. The average molecular weight is 161 g/mol. The van der Waals surface area contributed by atoms with Crippen LogP contribution >= 0.6 is 24.2 Å². The van der Waals surface area contributed by atoms with Crippen LogP contribution in [0, 0.1) is 0 Å². The van der Waals surface area contributed by atoms with E-state index in [0.29, 0.717) is 4.21 Å². The zero-order valence-electron chi connectivity index (χ0n) is 4.24. The quantitative estimate of drug-likeness (QED) is 0.607. The molecule has 1 heterocycles. The van der Waals surface area contributed by atoms with Gasteiger partial charge in [0.1, 0.15) is 0 Å². The molecule has 0 saturated carbocycles. The highest BCUT2D eigenvalue weighted by atomic mass is 32.2. The summed E-state index contributed by atoms with van der Waals surface area (Å²) in [7, 11) is 0. The van der Waals surface area contributed by atoms with E-state index >= 15 is 0 Å². The number of carbonyl (C=O) groups is 1. The molecule has 48 valence electrons. The van der Waals surface area contributed by atoms with Gasteiger partial charge in [0.15, 0.2) is 5.69 Å². The average Bonchev–Trinajstić information content (AvgIpc) is 2.14. The van der Waals surface area contributed by atoms with E-state index in [1.54, 1.807) is 0 Å². The van der Waals surface area contributed by atoms with Crippen LogP contribution in [0.25, 0.3) is 0 Å². The number of aromatic carboxylic acids is 1. The van der Waals surface area contributed by atoms with Crippen LogP contribution in [0.2, 0.25) is 0 Å². The zero-order valence-corrected chi connectivity index (χ0v) is 5.95. The highest BCUT2D eigenvalue weighted by Crippen LogP contribution is 2.13. The Hall–Kier alpha value is -0.550. The Labute approximate surface area is 60.9 Å². The van der Waals surface area contributed by atoms with Crippen molar-refractivity contribution in [2.24, 2.45) is 0 Å². The molecule has 0 fully saturated rings. The van der Waals surface area contributed by atoms with Crippen molar-refractivity contribution in [2.45, 2.75) is 4.21 Å². The van der Waals surface area contributed by atoms with E-state index in [4.69, 9.17) is 5.11 Å². The maximum absolute atomic E-state index is 10.1. The van der Waals surface area contributed by atoms with Crippen molar-refractivity contribution in [3.63, 3.8) is 0 Å². The lowest BCUT2D eigenvalue weighted by atomic mass is 10.5. The smallest absolute Gasteiger partial charge is 0.355 e. The Morgan fingerprint density at radius 3 is 2.78 bits per heavy atom. The third-order valence-electron chi connectivity index (χ3n) is 0.717. The molecule has 0 aliphatic heterocycles. The molecular formula is C4H3NO2S2. The van der Waals surface area contributed by atoms with Gasteiger partial charge in [0.25, 0.3) is 0 Å². The lowest BCUT2D eigenvalue weighted by Crippen LogP contribution is -1.94. The third-order valence-corrected chi connectivity index (χ3v) is 1.68. The Kier molecular flexibility index (Phi) is 1.73. The Morgan fingerprint density at radius 1 is 1.89 bits per heavy atom. The van der Waals surface area contributed by atoms with Crippen LogP contribution in [0.3, 0.4) is 0 Å². The minimum absolute atomic E-state index is 0.0602. The fraction of sp³-hybridized carbons (Fsp3) is 0. The Bertz CT molecular complexity index is 232. The molecule has 0 atom stereocenters.